The summed E-state index contributed by atoms with van der Waals surface area (Å²) < 4.78 is 2.93. The van der Waals surface area contributed by atoms with Gasteiger partial charge in [0.15, 0.2) is 0 Å². The van der Waals surface area contributed by atoms with Crippen LogP contribution in [0.4, 0.5) is 0 Å². The second-order valence-electron chi connectivity index (χ2n) is 5.05. The molecule has 1 aliphatic rings. The van der Waals surface area contributed by atoms with E-state index in [0.29, 0.717) is 0 Å². The van der Waals surface area contributed by atoms with Crippen molar-refractivity contribution in [2.24, 2.45) is 0 Å². The van der Waals surface area contributed by atoms with Gasteiger partial charge in [0.25, 0.3) is 5.91 Å². The molecule has 0 atom stereocenters. The van der Waals surface area contributed by atoms with Gasteiger partial charge in [-0.05, 0) is 48.7 Å². The minimum Gasteiger partial charge on any atom is -0.346 e. The van der Waals surface area contributed by atoms with Crippen LogP contribution >= 0.6 is 15.9 Å². The summed E-state index contributed by atoms with van der Waals surface area (Å²) in [4.78, 5) is 12.2. The Morgan fingerprint density at radius 1 is 1.53 bits per heavy atom. The minimum absolute atomic E-state index is 0.00754. The lowest BCUT2D eigenvalue weighted by atomic mass is 10.0. The van der Waals surface area contributed by atoms with Crippen molar-refractivity contribution in [1.29, 1.82) is 0 Å². The zero-order valence-corrected chi connectivity index (χ0v) is 12.0. The molecule has 0 bridgehead atoms. The molecule has 0 saturated heterocycles. The molecule has 1 aliphatic carbocycles. The molecule has 4 heteroatoms. The van der Waals surface area contributed by atoms with Gasteiger partial charge in [0.05, 0.1) is 0 Å². The van der Waals surface area contributed by atoms with Gasteiger partial charge in [-0.1, -0.05) is 12.8 Å². The molecule has 1 amide bonds. The quantitative estimate of drug-likeness (QED) is 0.912. The highest BCUT2D eigenvalue weighted by Crippen LogP contribution is 2.29. The molecule has 0 spiro atoms. The number of carbonyl (C=O) groups is 1. The zero-order valence-electron chi connectivity index (χ0n) is 10.4. The van der Waals surface area contributed by atoms with Gasteiger partial charge in [-0.2, -0.15) is 0 Å². The average molecular weight is 299 g/mol. The van der Waals surface area contributed by atoms with Crippen LogP contribution in [0.25, 0.3) is 0 Å². The van der Waals surface area contributed by atoms with Gasteiger partial charge < -0.3 is 9.88 Å². The van der Waals surface area contributed by atoms with Crippen molar-refractivity contribution < 1.29 is 4.79 Å². The van der Waals surface area contributed by atoms with Crippen LogP contribution in [0.15, 0.2) is 16.7 Å². The van der Waals surface area contributed by atoms with Crippen LogP contribution in [0, 0.1) is 0 Å². The van der Waals surface area contributed by atoms with Crippen molar-refractivity contribution in [3.63, 3.8) is 0 Å². The molecular weight excluding hydrogens is 280 g/mol. The number of hydrogen-bond donors (Lipinski definition) is 1. The molecule has 1 fully saturated rings. The second-order valence-corrected chi connectivity index (χ2v) is 5.97. The summed E-state index contributed by atoms with van der Waals surface area (Å²) >= 11 is 3.42. The van der Waals surface area contributed by atoms with Crippen LogP contribution in [0.1, 0.15) is 50.0 Å². The fourth-order valence-corrected chi connectivity index (χ4v) is 3.01. The normalized spacial score (nSPS) is 18.3. The monoisotopic (exact) mass is 298 g/mol. The fraction of sp³-hybridized carbons (Fsp3) is 0.615. The van der Waals surface area contributed by atoms with Crippen molar-refractivity contribution in [1.82, 2.24) is 9.88 Å². The highest BCUT2D eigenvalue weighted by molar-refractivity contribution is 9.10. The first kappa shape index (κ1) is 12.7. The third kappa shape index (κ3) is 2.73. The lowest BCUT2D eigenvalue weighted by Gasteiger charge is -2.25. The summed E-state index contributed by atoms with van der Waals surface area (Å²) in [6.07, 6.45) is 6.57. The summed E-state index contributed by atoms with van der Waals surface area (Å²) in [5.74, 6) is 0.0435. The maximum absolute atomic E-state index is 12.2. The molecular formula is C13H19BrN2O. The maximum Gasteiger partial charge on any atom is 0.268 e. The van der Waals surface area contributed by atoms with E-state index in [0.717, 1.165) is 29.6 Å². The Labute approximate surface area is 111 Å². The lowest BCUT2D eigenvalue weighted by Crippen LogP contribution is -2.44. The topological polar surface area (TPSA) is 34.0 Å². The van der Waals surface area contributed by atoms with Gasteiger partial charge in [-0.15, -0.1) is 0 Å². The summed E-state index contributed by atoms with van der Waals surface area (Å²) in [5.41, 5.74) is 0.736. The Morgan fingerprint density at radius 2 is 2.18 bits per heavy atom. The van der Waals surface area contributed by atoms with Crippen LogP contribution in [-0.4, -0.2) is 16.0 Å². The predicted octanol–water partition coefficient (Wildman–Crippen LogP) is 3.33. The zero-order chi connectivity index (χ0) is 12.5. The van der Waals surface area contributed by atoms with Gasteiger partial charge in [0, 0.05) is 22.8 Å². The highest BCUT2D eigenvalue weighted by Gasteiger charge is 2.31. The molecule has 0 radical (unpaired) electrons. The van der Waals surface area contributed by atoms with Gasteiger partial charge in [0.2, 0.25) is 0 Å². The number of carbonyl (C=O) groups excluding carboxylic acids is 1. The smallest absolute Gasteiger partial charge is 0.268 e. The van der Waals surface area contributed by atoms with Gasteiger partial charge in [-0.3, -0.25) is 4.79 Å². The summed E-state index contributed by atoms with van der Waals surface area (Å²) in [5, 5.41) is 3.18. The van der Waals surface area contributed by atoms with E-state index in [2.05, 4.69) is 28.2 Å². The minimum atomic E-state index is -0.00754. The van der Waals surface area contributed by atoms with Crippen LogP contribution in [-0.2, 0) is 6.54 Å². The summed E-state index contributed by atoms with van der Waals surface area (Å²) in [6.45, 7) is 5.00. The van der Waals surface area contributed by atoms with E-state index in [9.17, 15) is 4.79 Å². The molecule has 17 heavy (non-hydrogen) atoms. The van der Waals surface area contributed by atoms with E-state index in [1.807, 2.05) is 23.8 Å². The van der Waals surface area contributed by atoms with E-state index in [4.69, 9.17) is 0 Å². The number of hydrogen-bond acceptors (Lipinski definition) is 1. The average Bonchev–Trinajstić information content (AvgIpc) is 2.84. The molecule has 1 N–H and O–H groups in total. The Balaban J connectivity index is 2.13. The van der Waals surface area contributed by atoms with Gasteiger partial charge >= 0.3 is 0 Å². The van der Waals surface area contributed by atoms with Crippen molar-refractivity contribution >= 4 is 21.8 Å². The Kier molecular flexibility index (Phi) is 3.61. The molecule has 0 aromatic carbocycles. The number of nitrogens with one attached hydrogen (secondary N) is 1. The molecule has 1 aromatic heterocycles. The number of aromatic nitrogens is 1. The molecule has 1 heterocycles. The van der Waals surface area contributed by atoms with E-state index < -0.39 is 0 Å². The van der Waals surface area contributed by atoms with E-state index in [1.165, 1.54) is 12.8 Å². The maximum atomic E-state index is 12.2. The first-order chi connectivity index (χ1) is 8.04. The number of aryl methyl sites for hydroxylation is 1. The second kappa shape index (κ2) is 4.84. The molecule has 2 rings (SSSR count). The Bertz CT molecular complexity index is 419. The third-order valence-corrected chi connectivity index (χ3v) is 3.99. The number of nitrogens with zero attached hydrogens (tertiary/aromatic N) is 1. The predicted molar refractivity (Wildman–Crippen MR) is 72.1 cm³/mol. The number of amides is 1. The van der Waals surface area contributed by atoms with E-state index in [1.54, 1.807) is 0 Å². The Hall–Kier alpha value is -0.770. The molecule has 0 aliphatic heterocycles. The van der Waals surface area contributed by atoms with Crippen molar-refractivity contribution in [2.75, 3.05) is 0 Å². The summed E-state index contributed by atoms with van der Waals surface area (Å²) in [7, 11) is 0. The highest BCUT2D eigenvalue weighted by atomic mass is 79.9. The Morgan fingerprint density at radius 3 is 2.76 bits per heavy atom. The summed E-state index contributed by atoms with van der Waals surface area (Å²) in [6, 6.07) is 1.89. The fourth-order valence-electron chi connectivity index (χ4n) is 2.55. The van der Waals surface area contributed by atoms with Crippen LogP contribution in [0.3, 0.4) is 0 Å². The van der Waals surface area contributed by atoms with Gasteiger partial charge in [0.1, 0.15) is 5.69 Å². The van der Waals surface area contributed by atoms with Gasteiger partial charge in [-0.25, -0.2) is 0 Å². The van der Waals surface area contributed by atoms with Crippen molar-refractivity contribution in [3.05, 3.63) is 22.4 Å². The van der Waals surface area contributed by atoms with Crippen LogP contribution in [0.2, 0.25) is 0 Å². The molecule has 3 nitrogen and oxygen atoms in total. The molecule has 94 valence electrons. The van der Waals surface area contributed by atoms with Crippen LogP contribution < -0.4 is 5.32 Å². The van der Waals surface area contributed by atoms with Crippen molar-refractivity contribution in [2.45, 2.75) is 51.6 Å². The third-order valence-electron chi connectivity index (χ3n) is 3.56. The molecule has 1 saturated carbocycles. The van der Waals surface area contributed by atoms with E-state index >= 15 is 0 Å². The SMILES string of the molecule is CCn1cc(Br)cc1C(=O)NC1(C)CCCC1. The largest absolute Gasteiger partial charge is 0.346 e. The first-order valence-electron chi connectivity index (χ1n) is 6.22. The molecule has 1 aromatic rings. The van der Waals surface area contributed by atoms with E-state index in [-0.39, 0.29) is 11.4 Å². The number of rotatable bonds is 3. The van der Waals surface area contributed by atoms with Crippen LogP contribution in [0.5, 0.6) is 0 Å². The van der Waals surface area contributed by atoms with Crippen molar-refractivity contribution in [3.8, 4) is 0 Å². The molecule has 0 unspecified atom stereocenters. The number of halogens is 1. The lowest BCUT2D eigenvalue weighted by molar-refractivity contribution is 0.0898. The standard InChI is InChI=1S/C13H19BrN2O/c1-3-16-9-10(14)8-11(16)12(17)15-13(2)6-4-5-7-13/h8-9H,3-7H2,1-2H3,(H,15,17). The first-order valence-corrected chi connectivity index (χ1v) is 7.01.